The maximum absolute atomic E-state index is 9.09. The van der Waals surface area contributed by atoms with Crippen molar-refractivity contribution in [3.05, 3.63) is 47.5 Å². The largest absolute Gasteiger partial charge is 0.397 e. The Morgan fingerprint density at radius 1 is 1.05 bits per heavy atom. The van der Waals surface area contributed by atoms with Crippen LogP contribution in [-0.2, 0) is 0 Å². The second-order valence-electron chi connectivity index (χ2n) is 4.17. The average molecular weight is 260 g/mol. The van der Waals surface area contributed by atoms with Gasteiger partial charge in [0.1, 0.15) is 17.7 Å². The third-order valence-corrected chi connectivity index (χ3v) is 2.99. The molecule has 94 valence electrons. The molecule has 0 aliphatic carbocycles. The molecule has 2 aromatic carbocycles. The molecule has 0 saturated carbocycles. The van der Waals surface area contributed by atoms with Crippen molar-refractivity contribution in [1.29, 1.82) is 10.5 Å². The number of nitrogens with two attached hydrogens (primary N) is 1. The molecular weight excluding hydrogens is 252 g/mol. The number of hydrogen-bond donors (Lipinski definition) is 1. The second kappa shape index (κ2) is 4.38. The zero-order valence-electron chi connectivity index (χ0n) is 10.3. The lowest BCUT2D eigenvalue weighted by Gasteiger charge is -2.07. The van der Waals surface area contributed by atoms with Gasteiger partial charge < -0.3 is 5.73 Å². The van der Waals surface area contributed by atoms with Crippen molar-refractivity contribution in [2.75, 3.05) is 5.73 Å². The van der Waals surface area contributed by atoms with Gasteiger partial charge in [-0.15, -0.1) is 5.10 Å². The third-order valence-electron chi connectivity index (χ3n) is 2.99. The highest BCUT2D eigenvalue weighted by Gasteiger charge is 2.12. The van der Waals surface area contributed by atoms with E-state index in [1.165, 1.54) is 6.07 Å². The van der Waals surface area contributed by atoms with Gasteiger partial charge in [-0.25, -0.2) is 4.68 Å². The minimum absolute atomic E-state index is 0.248. The lowest BCUT2D eigenvalue weighted by molar-refractivity contribution is 0.825. The van der Waals surface area contributed by atoms with Crippen LogP contribution in [-0.4, -0.2) is 15.0 Å². The van der Waals surface area contributed by atoms with E-state index in [2.05, 4.69) is 10.3 Å². The normalized spacial score (nSPS) is 10.1. The van der Waals surface area contributed by atoms with Gasteiger partial charge in [0.2, 0.25) is 0 Å². The van der Waals surface area contributed by atoms with Crippen LogP contribution in [0.3, 0.4) is 0 Å². The first-order valence-corrected chi connectivity index (χ1v) is 5.79. The van der Waals surface area contributed by atoms with Crippen molar-refractivity contribution < 1.29 is 0 Å². The summed E-state index contributed by atoms with van der Waals surface area (Å²) in [6.07, 6.45) is 0. The molecule has 0 atom stereocenters. The number of aromatic nitrogens is 3. The summed E-state index contributed by atoms with van der Waals surface area (Å²) < 4.78 is 1.56. The number of nitriles is 2. The van der Waals surface area contributed by atoms with Gasteiger partial charge in [0.05, 0.1) is 28.0 Å². The number of para-hydroxylation sites is 1. The Balaban J connectivity index is 2.31. The molecule has 3 aromatic rings. The van der Waals surface area contributed by atoms with Crippen LogP contribution in [0.5, 0.6) is 0 Å². The van der Waals surface area contributed by atoms with E-state index in [9.17, 15) is 0 Å². The molecule has 0 bridgehead atoms. The number of fused-ring (bicyclic) bond motifs is 1. The Morgan fingerprint density at radius 3 is 2.50 bits per heavy atom. The average Bonchev–Trinajstić information content (AvgIpc) is 2.90. The van der Waals surface area contributed by atoms with Gasteiger partial charge in [0.15, 0.2) is 0 Å². The van der Waals surface area contributed by atoms with Gasteiger partial charge in [-0.1, -0.05) is 17.3 Å². The topological polar surface area (TPSA) is 104 Å². The maximum Gasteiger partial charge on any atom is 0.113 e. The van der Waals surface area contributed by atoms with E-state index in [0.29, 0.717) is 11.4 Å². The van der Waals surface area contributed by atoms with Crippen molar-refractivity contribution in [3.63, 3.8) is 0 Å². The fourth-order valence-electron chi connectivity index (χ4n) is 2.02. The van der Waals surface area contributed by atoms with E-state index in [0.717, 1.165) is 11.0 Å². The molecule has 0 unspecified atom stereocenters. The number of nitrogen functional groups attached to an aromatic ring is 1. The Hall–Kier alpha value is -3.38. The van der Waals surface area contributed by atoms with Crippen LogP contribution >= 0.6 is 0 Å². The van der Waals surface area contributed by atoms with Crippen LogP contribution in [0, 0.1) is 22.7 Å². The van der Waals surface area contributed by atoms with Gasteiger partial charge in [-0.05, 0) is 24.3 Å². The number of rotatable bonds is 1. The second-order valence-corrected chi connectivity index (χ2v) is 4.17. The number of hydrogen-bond acceptors (Lipinski definition) is 5. The summed E-state index contributed by atoms with van der Waals surface area (Å²) >= 11 is 0. The van der Waals surface area contributed by atoms with Crippen molar-refractivity contribution in [2.45, 2.75) is 0 Å². The molecular formula is C14H8N6. The molecule has 0 saturated heterocycles. The maximum atomic E-state index is 9.09. The number of benzene rings is 2. The van der Waals surface area contributed by atoms with Crippen molar-refractivity contribution in [3.8, 4) is 17.8 Å². The van der Waals surface area contributed by atoms with E-state index in [1.54, 1.807) is 10.7 Å². The molecule has 6 heteroatoms. The van der Waals surface area contributed by atoms with Crippen LogP contribution in [0.25, 0.3) is 16.7 Å². The van der Waals surface area contributed by atoms with Gasteiger partial charge in [0.25, 0.3) is 0 Å². The Labute approximate surface area is 114 Å². The Bertz CT molecular complexity index is 894. The highest BCUT2D eigenvalue weighted by molar-refractivity contribution is 5.78. The van der Waals surface area contributed by atoms with E-state index < -0.39 is 0 Å². The molecule has 0 spiro atoms. The molecule has 0 aliphatic rings. The minimum Gasteiger partial charge on any atom is -0.397 e. The first-order chi connectivity index (χ1) is 9.74. The molecule has 1 heterocycles. The Morgan fingerprint density at radius 2 is 1.75 bits per heavy atom. The Kier molecular flexibility index (Phi) is 2.56. The zero-order valence-corrected chi connectivity index (χ0v) is 10.3. The SMILES string of the molecule is N#Cc1cc(N)c(-n2nnc3ccccc32)cc1C#N. The lowest BCUT2D eigenvalue weighted by Crippen LogP contribution is -2.03. The van der Waals surface area contributed by atoms with E-state index in [4.69, 9.17) is 16.3 Å². The quantitative estimate of drug-likeness (QED) is 0.671. The predicted molar refractivity (Wildman–Crippen MR) is 72.7 cm³/mol. The molecule has 0 radical (unpaired) electrons. The van der Waals surface area contributed by atoms with Crippen LogP contribution in [0.15, 0.2) is 36.4 Å². The number of nitrogens with zero attached hydrogens (tertiary/aromatic N) is 5. The van der Waals surface area contributed by atoms with Crippen molar-refractivity contribution in [2.24, 2.45) is 0 Å². The molecule has 20 heavy (non-hydrogen) atoms. The van der Waals surface area contributed by atoms with Gasteiger partial charge >= 0.3 is 0 Å². The number of anilines is 1. The predicted octanol–water partition coefficient (Wildman–Crippen LogP) is 1.75. The molecule has 0 fully saturated rings. The summed E-state index contributed by atoms with van der Waals surface area (Å²) in [5, 5.41) is 26.2. The summed E-state index contributed by atoms with van der Waals surface area (Å²) in [6.45, 7) is 0. The van der Waals surface area contributed by atoms with Gasteiger partial charge in [-0.3, -0.25) is 0 Å². The molecule has 0 amide bonds. The highest BCUT2D eigenvalue weighted by atomic mass is 15.4. The standard InChI is InChI=1S/C14H8N6/c15-7-9-5-11(17)14(6-10(9)8-16)20-13-4-2-1-3-12(13)18-19-20/h1-6H,17H2. The monoisotopic (exact) mass is 260 g/mol. The minimum atomic E-state index is 0.248. The van der Waals surface area contributed by atoms with E-state index in [1.807, 2.05) is 36.4 Å². The summed E-state index contributed by atoms with van der Waals surface area (Å²) in [7, 11) is 0. The van der Waals surface area contributed by atoms with Crippen LogP contribution in [0.2, 0.25) is 0 Å². The fraction of sp³-hybridized carbons (Fsp3) is 0. The lowest BCUT2D eigenvalue weighted by atomic mass is 10.1. The summed E-state index contributed by atoms with van der Waals surface area (Å²) in [4.78, 5) is 0. The molecule has 2 N–H and O–H groups in total. The highest BCUT2D eigenvalue weighted by Crippen LogP contribution is 2.24. The van der Waals surface area contributed by atoms with Crippen molar-refractivity contribution in [1.82, 2.24) is 15.0 Å². The smallest absolute Gasteiger partial charge is 0.113 e. The fourth-order valence-corrected chi connectivity index (χ4v) is 2.02. The van der Waals surface area contributed by atoms with Crippen LogP contribution in [0.1, 0.15) is 11.1 Å². The zero-order chi connectivity index (χ0) is 14.1. The van der Waals surface area contributed by atoms with Crippen LogP contribution < -0.4 is 5.73 Å². The van der Waals surface area contributed by atoms with E-state index in [-0.39, 0.29) is 11.1 Å². The summed E-state index contributed by atoms with van der Waals surface area (Å²) in [5.41, 5.74) is 8.89. The third kappa shape index (κ3) is 1.64. The summed E-state index contributed by atoms with van der Waals surface area (Å²) in [6, 6.07) is 14.4. The first kappa shape index (κ1) is 11.7. The molecule has 3 rings (SSSR count). The molecule has 6 nitrogen and oxygen atoms in total. The molecule has 0 aliphatic heterocycles. The van der Waals surface area contributed by atoms with Gasteiger partial charge in [-0.2, -0.15) is 10.5 Å². The molecule has 1 aromatic heterocycles. The van der Waals surface area contributed by atoms with Gasteiger partial charge in [0, 0.05) is 0 Å². The van der Waals surface area contributed by atoms with E-state index >= 15 is 0 Å². The summed E-state index contributed by atoms with van der Waals surface area (Å²) in [5.74, 6) is 0. The van der Waals surface area contributed by atoms with Crippen LogP contribution in [0.4, 0.5) is 5.69 Å². The first-order valence-electron chi connectivity index (χ1n) is 5.79. The van der Waals surface area contributed by atoms with Crippen molar-refractivity contribution >= 4 is 16.7 Å².